The fourth-order valence-electron chi connectivity index (χ4n) is 5.41. The summed E-state index contributed by atoms with van der Waals surface area (Å²) < 4.78 is 11.0. The second kappa shape index (κ2) is 9.99. The van der Waals surface area contributed by atoms with Gasteiger partial charge < -0.3 is 14.3 Å². The summed E-state index contributed by atoms with van der Waals surface area (Å²) in [5.41, 5.74) is 5.95. The predicted molar refractivity (Wildman–Crippen MR) is 137 cm³/mol. The topological polar surface area (TPSA) is 88.8 Å². The third-order valence-electron chi connectivity index (χ3n) is 7.27. The molecule has 0 aliphatic carbocycles. The molecular formula is C27H31N5O4. The molecule has 5 heterocycles. The van der Waals surface area contributed by atoms with Crippen LogP contribution < -0.4 is 4.90 Å². The highest BCUT2D eigenvalue weighted by Gasteiger charge is 2.47. The molecule has 2 aromatic rings. The Kier molecular flexibility index (Phi) is 6.41. The van der Waals surface area contributed by atoms with Gasteiger partial charge in [0, 0.05) is 37.8 Å². The molecule has 9 heteroatoms. The molecule has 1 aromatic heterocycles. The maximum Gasteiger partial charge on any atom is 0.415 e. The monoisotopic (exact) mass is 489 g/mol. The number of hydrogen-bond donors (Lipinski definition) is 0. The van der Waals surface area contributed by atoms with E-state index in [-0.39, 0.29) is 24.3 Å². The molecule has 3 atom stereocenters. The van der Waals surface area contributed by atoms with Gasteiger partial charge in [-0.15, -0.1) is 0 Å². The molecule has 1 aromatic carbocycles. The number of cyclic esters (lactones) is 1. The highest BCUT2D eigenvalue weighted by molar-refractivity contribution is 6.00. The summed E-state index contributed by atoms with van der Waals surface area (Å²) in [6.07, 6.45) is 5.75. The van der Waals surface area contributed by atoms with Gasteiger partial charge in [-0.3, -0.25) is 19.8 Å². The number of hydrogen-bond acceptors (Lipinski definition) is 8. The van der Waals surface area contributed by atoms with Crippen LogP contribution in [0, 0.1) is 0 Å². The number of oxime groups is 1. The van der Waals surface area contributed by atoms with Gasteiger partial charge in [-0.1, -0.05) is 24.2 Å². The number of fused-ring (bicyclic) bond motifs is 3. The van der Waals surface area contributed by atoms with Crippen molar-refractivity contribution in [1.82, 2.24) is 9.88 Å². The Morgan fingerprint density at radius 3 is 2.81 bits per heavy atom. The van der Waals surface area contributed by atoms with Crippen molar-refractivity contribution in [2.24, 2.45) is 10.1 Å². The Balaban J connectivity index is 1.12. The molecule has 0 spiro atoms. The summed E-state index contributed by atoms with van der Waals surface area (Å²) >= 11 is 0. The van der Waals surface area contributed by atoms with E-state index in [0.29, 0.717) is 6.54 Å². The molecule has 2 fully saturated rings. The van der Waals surface area contributed by atoms with Crippen LogP contribution in [0.1, 0.15) is 31.0 Å². The molecule has 2 saturated heterocycles. The number of anilines is 1. The second-order valence-corrected chi connectivity index (χ2v) is 9.68. The Hall–Kier alpha value is -3.30. The van der Waals surface area contributed by atoms with Gasteiger partial charge in [-0.05, 0) is 48.4 Å². The third-order valence-corrected chi connectivity index (χ3v) is 7.27. The average molecular weight is 490 g/mol. The predicted octanol–water partition coefficient (Wildman–Crippen LogP) is 3.30. The Morgan fingerprint density at radius 1 is 1.14 bits per heavy atom. The van der Waals surface area contributed by atoms with Crippen LogP contribution in [0.25, 0.3) is 11.1 Å². The van der Waals surface area contributed by atoms with Crippen molar-refractivity contribution in [3.8, 4) is 11.1 Å². The summed E-state index contributed by atoms with van der Waals surface area (Å²) in [6, 6.07) is 10.3. The van der Waals surface area contributed by atoms with Gasteiger partial charge >= 0.3 is 6.09 Å². The standard InChI is InChI=1S/C27H31N5O4/c1-2-7-28-16-26-25-13-20-12-18(4-6-24(20)32(25)27(33)35-26)19-3-5-22(29-15-19)23-14-21(36-30-23)17-31-8-10-34-11-9-31/h3-7,12,15,21,25-26H,2,8-11,13-14,16-17H2,1H3/t21?,25-,26?/m0/s1. The van der Waals surface area contributed by atoms with Crippen molar-refractivity contribution < 1.29 is 19.1 Å². The maximum absolute atomic E-state index is 12.5. The van der Waals surface area contributed by atoms with Crippen molar-refractivity contribution in [1.29, 1.82) is 0 Å². The molecule has 9 nitrogen and oxygen atoms in total. The number of rotatable bonds is 7. The van der Waals surface area contributed by atoms with E-state index < -0.39 is 0 Å². The Bertz CT molecular complexity index is 1180. The summed E-state index contributed by atoms with van der Waals surface area (Å²) in [4.78, 5) is 31.5. The van der Waals surface area contributed by atoms with Crippen molar-refractivity contribution in [2.75, 3.05) is 44.3 Å². The first-order valence-corrected chi connectivity index (χ1v) is 12.8. The molecule has 0 radical (unpaired) electrons. The number of aliphatic imine (C=N–C) groups is 1. The molecule has 1 amide bonds. The molecule has 36 heavy (non-hydrogen) atoms. The first-order valence-electron chi connectivity index (χ1n) is 12.8. The minimum atomic E-state index is -0.277. The summed E-state index contributed by atoms with van der Waals surface area (Å²) in [7, 11) is 0. The van der Waals surface area contributed by atoms with Gasteiger partial charge in [0.2, 0.25) is 0 Å². The zero-order chi connectivity index (χ0) is 24.5. The van der Waals surface area contributed by atoms with E-state index in [1.54, 1.807) is 4.90 Å². The normalized spacial score (nSPS) is 25.6. The van der Waals surface area contributed by atoms with Crippen LogP contribution >= 0.6 is 0 Å². The molecule has 2 unspecified atom stereocenters. The molecule has 0 N–H and O–H groups in total. The first-order chi connectivity index (χ1) is 17.7. The highest BCUT2D eigenvalue weighted by Crippen LogP contribution is 2.40. The Labute approximate surface area is 210 Å². The van der Waals surface area contributed by atoms with Gasteiger partial charge in [0.25, 0.3) is 0 Å². The summed E-state index contributed by atoms with van der Waals surface area (Å²) in [5, 5.41) is 4.31. The lowest BCUT2D eigenvalue weighted by molar-refractivity contribution is -0.0000400. The van der Waals surface area contributed by atoms with Crippen LogP contribution in [0.5, 0.6) is 0 Å². The van der Waals surface area contributed by atoms with Crippen LogP contribution in [-0.4, -0.2) is 85.5 Å². The van der Waals surface area contributed by atoms with Crippen LogP contribution in [-0.2, 0) is 20.7 Å². The quantitative estimate of drug-likeness (QED) is 0.555. The van der Waals surface area contributed by atoms with E-state index in [2.05, 4.69) is 27.2 Å². The molecule has 0 bridgehead atoms. The number of amides is 1. The summed E-state index contributed by atoms with van der Waals surface area (Å²) in [5.74, 6) is 0. The molecular weight excluding hydrogens is 458 g/mol. The fourth-order valence-corrected chi connectivity index (χ4v) is 5.41. The number of aromatic nitrogens is 1. The lowest BCUT2D eigenvalue weighted by Crippen LogP contribution is -2.41. The highest BCUT2D eigenvalue weighted by atomic mass is 16.6. The first kappa shape index (κ1) is 23.1. The molecule has 6 rings (SSSR count). The lowest BCUT2D eigenvalue weighted by Gasteiger charge is -2.27. The Morgan fingerprint density at radius 2 is 2.00 bits per heavy atom. The number of carbonyl (C=O) groups excluding carboxylic acids is 1. The van der Waals surface area contributed by atoms with Crippen LogP contribution in [0.2, 0.25) is 0 Å². The van der Waals surface area contributed by atoms with Crippen molar-refractivity contribution >= 4 is 23.7 Å². The molecule has 4 aliphatic heterocycles. The van der Waals surface area contributed by atoms with Gasteiger partial charge in [0.1, 0.15) is 17.9 Å². The number of pyridine rings is 1. The number of morpholine rings is 1. The second-order valence-electron chi connectivity index (χ2n) is 9.68. The van der Waals surface area contributed by atoms with Gasteiger partial charge in [0.05, 0.1) is 37.2 Å². The molecule has 0 saturated carbocycles. The van der Waals surface area contributed by atoms with E-state index in [9.17, 15) is 4.79 Å². The van der Waals surface area contributed by atoms with Crippen LogP contribution in [0.4, 0.5) is 10.5 Å². The van der Waals surface area contributed by atoms with Crippen molar-refractivity contribution in [2.45, 2.75) is 44.4 Å². The minimum absolute atomic E-state index is 0.00282. The van der Waals surface area contributed by atoms with Crippen LogP contribution in [0.3, 0.4) is 0 Å². The number of ether oxygens (including phenoxy) is 2. The lowest BCUT2D eigenvalue weighted by atomic mass is 10.00. The minimum Gasteiger partial charge on any atom is -0.442 e. The van der Waals surface area contributed by atoms with Gasteiger partial charge in [0.15, 0.2) is 0 Å². The van der Waals surface area contributed by atoms with E-state index in [4.69, 9.17) is 19.3 Å². The summed E-state index contributed by atoms with van der Waals surface area (Å²) in [6.45, 7) is 6.86. The van der Waals surface area contributed by atoms with E-state index >= 15 is 0 Å². The molecule has 188 valence electrons. The number of nitrogens with zero attached hydrogens (tertiary/aromatic N) is 5. The van der Waals surface area contributed by atoms with Crippen molar-refractivity contribution in [3.05, 3.63) is 47.8 Å². The van der Waals surface area contributed by atoms with Crippen LogP contribution in [0.15, 0.2) is 46.7 Å². The van der Waals surface area contributed by atoms with Crippen molar-refractivity contribution in [3.63, 3.8) is 0 Å². The fraction of sp³-hybridized carbons (Fsp3) is 0.481. The van der Waals surface area contributed by atoms with E-state index in [0.717, 1.165) is 85.9 Å². The molecule has 4 aliphatic rings. The number of benzene rings is 1. The van der Waals surface area contributed by atoms with Gasteiger partial charge in [-0.2, -0.15) is 0 Å². The number of carbonyl (C=O) groups is 1. The van der Waals surface area contributed by atoms with E-state index in [1.165, 1.54) is 0 Å². The maximum atomic E-state index is 12.5. The largest absolute Gasteiger partial charge is 0.442 e. The average Bonchev–Trinajstić information content (AvgIpc) is 3.60. The zero-order valence-electron chi connectivity index (χ0n) is 20.5. The smallest absolute Gasteiger partial charge is 0.415 e. The zero-order valence-corrected chi connectivity index (χ0v) is 20.5. The SMILES string of the molecule is CCC=NCC1OC(=O)N2c3ccc(-c4ccc(C5=NOC(CN6CCOCC6)C5)nc4)cc3C[C@@H]12. The van der Waals surface area contributed by atoms with E-state index in [1.807, 2.05) is 37.5 Å². The van der Waals surface area contributed by atoms with Gasteiger partial charge in [-0.25, -0.2) is 4.79 Å². The third kappa shape index (κ3) is 4.49.